The number of carbonyl (C=O) groups excluding carboxylic acids is 1. The summed E-state index contributed by atoms with van der Waals surface area (Å²) in [5, 5.41) is 19.5. The number of nitrogen functional groups attached to an aromatic ring is 1. The first-order chi connectivity index (χ1) is 13.7. The summed E-state index contributed by atoms with van der Waals surface area (Å²) in [4.78, 5) is 27.4. The standard InChI is InChI=1S/C21H35N5O3/c1-4-6-25(8-9-26(7-5-2)15-20(28)29)14-19(27)24-13-17-10-16(3)11-18(12-17)21(22)23/h10-12H,4-9,13-15H2,1-3H3,(H3,22,23)(H,24,27)(H,28,29). The van der Waals surface area contributed by atoms with Gasteiger partial charge >= 0.3 is 5.97 Å². The van der Waals surface area contributed by atoms with Gasteiger partial charge in [-0.05, 0) is 50.6 Å². The van der Waals surface area contributed by atoms with Crippen molar-refractivity contribution in [1.29, 1.82) is 5.41 Å². The zero-order chi connectivity index (χ0) is 21.8. The lowest BCUT2D eigenvalue weighted by Gasteiger charge is -2.26. The molecular weight excluding hydrogens is 370 g/mol. The third kappa shape index (κ3) is 10.0. The van der Waals surface area contributed by atoms with E-state index in [9.17, 15) is 9.59 Å². The average molecular weight is 406 g/mol. The number of hydrogen-bond donors (Lipinski definition) is 4. The van der Waals surface area contributed by atoms with Crippen LogP contribution in [-0.2, 0) is 16.1 Å². The summed E-state index contributed by atoms with van der Waals surface area (Å²) >= 11 is 0. The second-order valence-electron chi connectivity index (χ2n) is 7.34. The summed E-state index contributed by atoms with van der Waals surface area (Å²) in [6.07, 6.45) is 1.81. The molecule has 0 unspecified atom stereocenters. The number of nitrogens with two attached hydrogens (primary N) is 1. The van der Waals surface area contributed by atoms with Crippen LogP contribution in [0.4, 0.5) is 0 Å². The van der Waals surface area contributed by atoms with Gasteiger partial charge in [0.15, 0.2) is 0 Å². The smallest absolute Gasteiger partial charge is 0.317 e. The quantitative estimate of drug-likeness (QED) is 0.274. The molecule has 0 fully saturated rings. The zero-order valence-electron chi connectivity index (χ0n) is 17.8. The average Bonchev–Trinajstić information content (AvgIpc) is 2.63. The van der Waals surface area contributed by atoms with Crippen molar-refractivity contribution in [3.63, 3.8) is 0 Å². The summed E-state index contributed by atoms with van der Waals surface area (Å²) in [5.74, 6) is -0.903. The van der Waals surface area contributed by atoms with Crippen LogP contribution in [0.25, 0.3) is 0 Å². The van der Waals surface area contributed by atoms with Crippen LogP contribution in [0.15, 0.2) is 18.2 Å². The van der Waals surface area contributed by atoms with Gasteiger partial charge in [0.25, 0.3) is 0 Å². The maximum Gasteiger partial charge on any atom is 0.317 e. The molecule has 5 N–H and O–H groups in total. The molecule has 8 heteroatoms. The molecule has 0 bridgehead atoms. The fourth-order valence-electron chi connectivity index (χ4n) is 3.23. The number of carboxylic acid groups (broad SMARTS) is 1. The Kier molecular flexibility index (Phi) is 10.9. The van der Waals surface area contributed by atoms with Crippen LogP contribution in [0.3, 0.4) is 0 Å². The van der Waals surface area contributed by atoms with Crippen LogP contribution in [-0.4, -0.2) is 71.9 Å². The number of aryl methyl sites for hydroxylation is 1. The Morgan fingerprint density at radius 2 is 1.62 bits per heavy atom. The normalized spacial score (nSPS) is 11.1. The van der Waals surface area contributed by atoms with E-state index in [1.54, 1.807) is 0 Å². The number of carbonyl (C=O) groups is 2. The van der Waals surface area contributed by atoms with Crippen LogP contribution >= 0.6 is 0 Å². The first-order valence-electron chi connectivity index (χ1n) is 10.1. The van der Waals surface area contributed by atoms with E-state index in [-0.39, 0.29) is 24.8 Å². The number of benzene rings is 1. The fraction of sp³-hybridized carbons (Fsp3) is 0.571. The van der Waals surface area contributed by atoms with Crippen LogP contribution in [0.1, 0.15) is 43.4 Å². The molecule has 29 heavy (non-hydrogen) atoms. The summed E-state index contributed by atoms with van der Waals surface area (Å²) in [6.45, 7) is 9.45. The highest BCUT2D eigenvalue weighted by Crippen LogP contribution is 2.09. The van der Waals surface area contributed by atoms with Crippen LogP contribution in [0.2, 0.25) is 0 Å². The van der Waals surface area contributed by atoms with Crippen molar-refractivity contribution in [2.75, 3.05) is 39.3 Å². The Morgan fingerprint density at radius 3 is 2.14 bits per heavy atom. The van der Waals surface area contributed by atoms with Gasteiger partial charge < -0.3 is 16.2 Å². The molecule has 1 rings (SSSR count). The number of amidine groups is 1. The minimum atomic E-state index is -0.832. The highest BCUT2D eigenvalue weighted by molar-refractivity contribution is 5.95. The van der Waals surface area contributed by atoms with Gasteiger partial charge in [-0.25, -0.2) is 0 Å². The number of hydrogen-bond acceptors (Lipinski definition) is 5. The second kappa shape index (κ2) is 12.9. The molecule has 1 amide bonds. The lowest BCUT2D eigenvalue weighted by atomic mass is 10.1. The van der Waals surface area contributed by atoms with Crippen LogP contribution in [0.5, 0.6) is 0 Å². The van der Waals surface area contributed by atoms with Crippen molar-refractivity contribution in [3.05, 3.63) is 34.9 Å². The summed E-state index contributed by atoms with van der Waals surface area (Å²) in [5.41, 5.74) is 8.11. The van der Waals surface area contributed by atoms with Gasteiger partial charge in [0.05, 0.1) is 13.1 Å². The Bertz CT molecular complexity index is 693. The lowest BCUT2D eigenvalue weighted by molar-refractivity contribution is -0.138. The van der Waals surface area contributed by atoms with E-state index in [0.29, 0.717) is 25.2 Å². The van der Waals surface area contributed by atoms with E-state index in [0.717, 1.165) is 37.1 Å². The van der Waals surface area contributed by atoms with E-state index in [4.69, 9.17) is 16.2 Å². The maximum absolute atomic E-state index is 12.4. The highest BCUT2D eigenvalue weighted by atomic mass is 16.4. The van der Waals surface area contributed by atoms with E-state index < -0.39 is 5.97 Å². The molecule has 0 saturated heterocycles. The second-order valence-corrected chi connectivity index (χ2v) is 7.34. The minimum absolute atomic E-state index is 0.00777. The Labute approximate surface area is 173 Å². The molecule has 1 aromatic rings. The molecule has 0 aromatic heterocycles. The largest absolute Gasteiger partial charge is 0.480 e. The SMILES string of the molecule is CCCN(CCN(CCC)CC(=O)NCc1cc(C)cc(C(=N)N)c1)CC(=O)O. The fourth-order valence-corrected chi connectivity index (χ4v) is 3.23. The van der Waals surface area contributed by atoms with Gasteiger partial charge in [0.1, 0.15) is 5.84 Å². The summed E-state index contributed by atoms with van der Waals surface area (Å²) in [7, 11) is 0. The zero-order valence-corrected chi connectivity index (χ0v) is 17.8. The molecule has 0 saturated carbocycles. The van der Waals surface area contributed by atoms with Gasteiger partial charge in [-0.3, -0.25) is 24.8 Å². The van der Waals surface area contributed by atoms with Gasteiger partial charge in [-0.1, -0.05) is 25.5 Å². The molecule has 0 atom stereocenters. The minimum Gasteiger partial charge on any atom is -0.480 e. The van der Waals surface area contributed by atoms with Gasteiger partial charge in [-0.15, -0.1) is 0 Å². The molecule has 8 nitrogen and oxygen atoms in total. The lowest BCUT2D eigenvalue weighted by Crippen LogP contribution is -2.42. The monoisotopic (exact) mass is 405 g/mol. The number of carboxylic acids is 1. The Morgan fingerprint density at radius 1 is 1.03 bits per heavy atom. The van der Waals surface area contributed by atoms with Crippen molar-refractivity contribution in [3.8, 4) is 0 Å². The van der Waals surface area contributed by atoms with Crippen molar-refractivity contribution in [2.45, 2.75) is 40.2 Å². The third-order valence-corrected chi connectivity index (χ3v) is 4.48. The van der Waals surface area contributed by atoms with E-state index >= 15 is 0 Å². The number of nitrogens with zero attached hydrogens (tertiary/aromatic N) is 2. The molecule has 0 aliphatic rings. The summed E-state index contributed by atoms with van der Waals surface area (Å²) in [6, 6.07) is 5.62. The van der Waals surface area contributed by atoms with E-state index in [1.165, 1.54) is 0 Å². The third-order valence-electron chi connectivity index (χ3n) is 4.48. The highest BCUT2D eigenvalue weighted by Gasteiger charge is 2.14. The number of aliphatic carboxylic acids is 1. The Hall–Kier alpha value is -2.45. The molecule has 162 valence electrons. The van der Waals surface area contributed by atoms with Crippen molar-refractivity contribution < 1.29 is 14.7 Å². The molecule has 0 aliphatic heterocycles. The first-order valence-corrected chi connectivity index (χ1v) is 10.1. The van der Waals surface area contributed by atoms with Crippen molar-refractivity contribution in [2.24, 2.45) is 5.73 Å². The van der Waals surface area contributed by atoms with E-state index in [2.05, 4.69) is 17.1 Å². The number of nitrogens with one attached hydrogen (secondary N) is 2. The van der Waals surface area contributed by atoms with Gasteiger partial charge in [-0.2, -0.15) is 0 Å². The van der Waals surface area contributed by atoms with E-state index in [1.807, 2.05) is 36.9 Å². The number of rotatable bonds is 14. The molecule has 0 spiro atoms. The molecule has 1 aromatic carbocycles. The summed E-state index contributed by atoms with van der Waals surface area (Å²) < 4.78 is 0. The van der Waals surface area contributed by atoms with Gasteiger partial charge in [0, 0.05) is 25.2 Å². The predicted molar refractivity (Wildman–Crippen MR) is 115 cm³/mol. The molecule has 0 heterocycles. The van der Waals surface area contributed by atoms with Crippen LogP contribution < -0.4 is 11.1 Å². The first kappa shape index (κ1) is 24.6. The number of amides is 1. The molecule has 0 aliphatic carbocycles. The van der Waals surface area contributed by atoms with Crippen LogP contribution in [0, 0.1) is 12.3 Å². The van der Waals surface area contributed by atoms with Gasteiger partial charge in [0.2, 0.25) is 5.91 Å². The molecule has 0 radical (unpaired) electrons. The maximum atomic E-state index is 12.4. The van der Waals surface area contributed by atoms with Crippen molar-refractivity contribution >= 4 is 17.7 Å². The van der Waals surface area contributed by atoms with Crippen molar-refractivity contribution in [1.82, 2.24) is 15.1 Å². The predicted octanol–water partition coefficient (Wildman–Crippen LogP) is 1.40. The Balaban J connectivity index is 2.59. The topological polar surface area (TPSA) is 123 Å². The molecular formula is C21H35N5O3.